The Morgan fingerprint density at radius 3 is 2.39 bits per heavy atom. The van der Waals surface area contributed by atoms with Crippen molar-refractivity contribution in [2.24, 2.45) is 0 Å². The average Bonchev–Trinajstić information content (AvgIpc) is 3.04. The predicted molar refractivity (Wildman–Crippen MR) is 116 cm³/mol. The second-order valence-electron chi connectivity index (χ2n) is 8.42. The van der Waals surface area contributed by atoms with E-state index in [-0.39, 0.29) is 24.4 Å². The molecule has 168 valence electrons. The van der Waals surface area contributed by atoms with Crippen molar-refractivity contribution in [1.29, 1.82) is 0 Å². The Kier molecular flexibility index (Phi) is 7.36. The number of likely N-dealkylation sites (tertiary alicyclic amines) is 1. The van der Waals surface area contributed by atoms with Crippen molar-refractivity contribution in [2.45, 2.75) is 85.1 Å². The van der Waals surface area contributed by atoms with Crippen LogP contribution in [0.4, 0.5) is 0 Å². The standard InChI is InChI=1S/C24H32N2O5/c1-15-7-6-8-16(2)26(15)24(28)19(5)30-23(27)13-20-9-11-21(12-10-20)29-14-22-17(3)25-31-18(22)4/h9-12,15-16,19H,6-8,13-14H2,1-5H3/t15-,16-,19+/m0/s1. The molecule has 3 rings (SSSR count). The van der Waals surface area contributed by atoms with Crippen molar-refractivity contribution in [2.75, 3.05) is 0 Å². The lowest BCUT2D eigenvalue weighted by atomic mass is 9.97. The molecule has 0 spiro atoms. The molecule has 31 heavy (non-hydrogen) atoms. The maximum absolute atomic E-state index is 12.8. The van der Waals surface area contributed by atoms with Crippen molar-refractivity contribution >= 4 is 11.9 Å². The van der Waals surface area contributed by atoms with E-state index in [1.807, 2.05) is 43.0 Å². The van der Waals surface area contributed by atoms with Gasteiger partial charge in [0.05, 0.1) is 17.7 Å². The molecule has 0 N–H and O–H groups in total. The monoisotopic (exact) mass is 428 g/mol. The Hall–Kier alpha value is -2.83. The van der Waals surface area contributed by atoms with Gasteiger partial charge in [-0.1, -0.05) is 17.3 Å². The molecule has 7 heteroatoms. The first-order chi connectivity index (χ1) is 14.8. The molecule has 2 heterocycles. The molecular formula is C24H32N2O5. The summed E-state index contributed by atoms with van der Waals surface area (Å²) >= 11 is 0. The second-order valence-corrected chi connectivity index (χ2v) is 8.42. The number of piperidine rings is 1. The maximum Gasteiger partial charge on any atom is 0.311 e. The van der Waals surface area contributed by atoms with Crippen LogP contribution in [0.1, 0.15) is 62.6 Å². The molecule has 1 amide bonds. The lowest BCUT2D eigenvalue weighted by molar-refractivity contribution is -0.161. The van der Waals surface area contributed by atoms with Crippen LogP contribution < -0.4 is 4.74 Å². The lowest BCUT2D eigenvalue weighted by Crippen LogP contribution is -2.51. The zero-order chi connectivity index (χ0) is 22.5. The molecule has 1 aliphatic rings. The van der Waals surface area contributed by atoms with E-state index in [1.165, 1.54) is 0 Å². The largest absolute Gasteiger partial charge is 0.489 e. The number of aryl methyl sites for hydroxylation is 2. The number of esters is 1. The number of hydrogen-bond acceptors (Lipinski definition) is 6. The van der Waals surface area contributed by atoms with E-state index in [2.05, 4.69) is 19.0 Å². The molecule has 7 nitrogen and oxygen atoms in total. The smallest absolute Gasteiger partial charge is 0.311 e. The summed E-state index contributed by atoms with van der Waals surface area (Å²) in [6.07, 6.45) is 2.42. The van der Waals surface area contributed by atoms with Gasteiger partial charge in [0.1, 0.15) is 18.1 Å². The fraction of sp³-hybridized carbons (Fsp3) is 0.542. The number of aromatic nitrogens is 1. The van der Waals surface area contributed by atoms with E-state index in [0.717, 1.165) is 41.8 Å². The summed E-state index contributed by atoms with van der Waals surface area (Å²) in [6, 6.07) is 7.63. The van der Waals surface area contributed by atoms with Gasteiger partial charge in [-0.15, -0.1) is 0 Å². The number of ether oxygens (including phenoxy) is 2. The number of carbonyl (C=O) groups is 2. The first kappa shape index (κ1) is 22.8. The summed E-state index contributed by atoms with van der Waals surface area (Å²) in [6.45, 7) is 9.86. The van der Waals surface area contributed by atoms with Gasteiger partial charge >= 0.3 is 5.97 Å². The molecule has 1 aromatic carbocycles. The Bertz CT molecular complexity index is 876. The van der Waals surface area contributed by atoms with Crippen LogP contribution in [0.15, 0.2) is 28.8 Å². The third-order valence-corrected chi connectivity index (χ3v) is 5.94. The molecule has 1 aliphatic heterocycles. The zero-order valence-corrected chi connectivity index (χ0v) is 19.0. The van der Waals surface area contributed by atoms with Crippen LogP contribution in [0.3, 0.4) is 0 Å². The Labute approximate surface area is 183 Å². The summed E-state index contributed by atoms with van der Waals surface area (Å²) < 4.78 is 16.4. The van der Waals surface area contributed by atoms with E-state index in [0.29, 0.717) is 12.4 Å². The lowest BCUT2D eigenvalue weighted by Gasteiger charge is -2.40. The number of hydrogen-bond donors (Lipinski definition) is 0. The molecule has 1 saturated heterocycles. The molecule has 0 aliphatic carbocycles. The highest BCUT2D eigenvalue weighted by Gasteiger charge is 2.33. The van der Waals surface area contributed by atoms with Crippen molar-refractivity contribution in [3.8, 4) is 5.75 Å². The van der Waals surface area contributed by atoms with Gasteiger partial charge in [0.15, 0.2) is 6.10 Å². The Morgan fingerprint density at radius 1 is 1.16 bits per heavy atom. The SMILES string of the molecule is Cc1noc(C)c1COc1ccc(CC(=O)O[C@H](C)C(=O)N2[C@@H](C)CCC[C@@H]2C)cc1. The summed E-state index contributed by atoms with van der Waals surface area (Å²) in [4.78, 5) is 27.0. The Balaban J connectivity index is 1.50. The molecular weight excluding hydrogens is 396 g/mol. The fourth-order valence-corrected chi connectivity index (χ4v) is 4.09. The third kappa shape index (κ3) is 5.66. The zero-order valence-electron chi connectivity index (χ0n) is 19.0. The first-order valence-corrected chi connectivity index (χ1v) is 10.9. The quantitative estimate of drug-likeness (QED) is 0.617. The highest BCUT2D eigenvalue weighted by atomic mass is 16.5. The van der Waals surface area contributed by atoms with Gasteiger partial charge in [0.25, 0.3) is 5.91 Å². The number of benzene rings is 1. The van der Waals surface area contributed by atoms with Gasteiger partial charge < -0.3 is 18.9 Å². The number of nitrogens with zero attached hydrogens (tertiary/aromatic N) is 2. The van der Waals surface area contributed by atoms with Gasteiger partial charge in [0.2, 0.25) is 0 Å². The number of rotatable bonds is 7. The molecule has 3 atom stereocenters. The van der Waals surface area contributed by atoms with E-state index < -0.39 is 12.1 Å². The Morgan fingerprint density at radius 2 is 1.81 bits per heavy atom. The van der Waals surface area contributed by atoms with Crippen LogP contribution in [-0.2, 0) is 27.4 Å². The summed E-state index contributed by atoms with van der Waals surface area (Å²) in [5.41, 5.74) is 2.55. The second kappa shape index (κ2) is 9.98. The molecule has 2 aromatic rings. The minimum absolute atomic E-state index is 0.104. The topological polar surface area (TPSA) is 81.9 Å². The minimum atomic E-state index is -0.784. The molecule has 0 bridgehead atoms. The molecule has 0 radical (unpaired) electrons. The number of carbonyl (C=O) groups excluding carboxylic acids is 2. The van der Waals surface area contributed by atoms with Crippen molar-refractivity contribution in [3.63, 3.8) is 0 Å². The highest BCUT2D eigenvalue weighted by molar-refractivity contribution is 5.84. The van der Waals surface area contributed by atoms with E-state index in [1.54, 1.807) is 6.92 Å². The van der Waals surface area contributed by atoms with Gasteiger partial charge in [-0.3, -0.25) is 9.59 Å². The van der Waals surface area contributed by atoms with Gasteiger partial charge in [-0.05, 0) is 71.6 Å². The molecule has 0 saturated carbocycles. The van der Waals surface area contributed by atoms with Crippen LogP contribution >= 0.6 is 0 Å². The highest BCUT2D eigenvalue weighted by Crippen LogP contribution is 2.24. The summed E-state index contributed by atoms with van der Waals surface area (Å²) in [5, 5.41) is 3.92. The minimum Gasteiger partial charge on any atom is -0.489 e. The van der Waals surface area contributed by atoms with Crippen molar-refractivity contribution < 1.29 is 23.6 Å². The normalized spacial score (nSPS) is 19.7. The summed E-state index contributed by atoms with van der Waals surface area (Å²) in [7, 11) is 0. The average molecular weight is 429 g/mol. The molecule has 0 unspecified atom stereocenters. The number of amides is 1. The summed E-state index contributed by atoms with van der Waals surface area (Å²) in [5.74, 6) is 0.904. The molecule has 1 aromatic heterocycles. The van der Waals surface area contributed by atoms with Crippen LogP contribution in [0, 0.1) is 13.8 Å². The van der Waals surface area contributed by atoms with Crippen LogP contribution in [-0.4, -0.2) is 40.1 Å². The first-order valence-electron chi connectivity index (χ1n) is 10.9. The van der Waals surface area contributed by atoms with Gasteiger partial charge in [0, 0.05) is 12.1 Å². The van der Waals surface area contributed by atoms with E-state index in [4.69, 9.17) is 14.0 Å². The van der Waals surface area contributed by atoms with Crippen molar-refractivity contribution in [3.05, 3.63) is 46.8 Å². The van der Waals surface area contributed by atoms with Crippen molar-refractivity contribution in [1.82, 2.24) is 10.1 Å². The predicted octanol–water partition coefficient (Wildman–Crippen LogP) is 4.13. The van der Waals surface area contributed by atoms with Crippen LogP contribution in [0.2, 0.25) is 0 Å². The maximum atomic E-state index is 12.8. The van der Waals surface area contributed by atoms with E-state index in [9.17, 15) is 9.59 Å². The van der Waals surface area contributed by atoms with Gasteiger partial charge in [-0.2, -0.15) is 0 Å². The molecule has 1 fully saturated rings. The van der Waals surface area contributed by atoms with Crippen LogP contribution in [0.5, 0.6) is 5.75 Å². The third-order valence-electron chi connectivity index (χ3n) is 5.94. The fourth-order valence-electron chi connectivity index (χ4n) is 4.09. The van der Waals surface area contributed by atoms with E-state index >= 15 is 0 Å². The van der Waals surface area contributed by atoms with Crippen LogP contribution in [0.25, 0.3) is 0 Å². The van der Waals surface area contributed by atoms with Gasteiger partial charge in [-0.25, -0.2) is 0 Å².